The smallest absolute Gasteiger partial charge is 0.224 e. The molecule has 7 heteroatoms. The fourth-order valence-electron chi connectivity index (χ4n) is 3.47. The van der Waals surface area contributed by atoms with Gasteiger partial charge in [-0.25, -0.2) is 4.98 Å². The maximum atomic E-state index is 12.3. The average molecular weight is 405 g/mol. The largest absolute Gasteiger partial charge is 0.493 e. The number of benzene rings is 1. The zero-order valence-corrected chi connectivity index (χ0v) is 17.6. The number of aromatic nitrogens is 1. The van der Waals surface area contributed by atoms with Gasteiger partial charge in [-0.05, 0) is 49.8 Å². The lowest BCUT2D eigenvalue weighted by Crippen LogP contribution is -2.26. The molecule has 1 heterocycles. The van der Waals surface area contributed by atoms with Crippen LogP contribution < -0.4 is 19.5 Å². The Morgan fingerprint density at radius 3 is 2.46 bits per heavy atom. The van der Waals surface area contributed by atoms with Crippen LogP contribution in [0.2, 0.25) is 0 Å². The first-order valence-corrected chi connectivity index (χ1v) is 10.5. The standard InChI is InChI=1S/C21H28N2O4S/c1-25-16-11-14(12-17(26-2)21(16)27-3)13-19(24)22-10-6-9-20-23-15-7-4-5-8-18(15)28-20/h11-12H,4-10,13H2,1-3H3,(H,22,24). The summed E-state index contributed by atoms with van der Waals surface area (Å²) in [5, 5.41) is 4.19. The van der Waals surface area contributed by atoms with Crippen LogP contribution >= 0.6 is 11.3 Å². The average Bonchev–Trinajstić information content (AvgIpc) is 3.13. The summed E-state index contributed by atoms with van der Waals surface area (Å²) in [5.74, 6) is 1.61. The molecule has 152 valence electrons. The highest BCUT2D eigenvalue weighted by Crippen LogP contribution is 2.38. The number of nitrogens with one attached hydrogen (secondary N) is 1. The van der Waals surface area contributed by atoms with Crippen LogP contribution in [0.4, 0.5) is 0 Å². The van der Waals surface area contributed by atoms with Crippen LogP contribution in [-0.4, -0.2) is 38.8 Å². The molecule has 28 heavy (non-hydrogen) atoms. The summed E-state index contributed by atoms with van der Waals surface area (Å²) in [4.78, 5) is 18.5. The first-order chi connectivity index (χ1) is 13.6. The molecule has 1 aliphatic carbocycles. The van der Waals surface area contributed by atoms with E-state index in [4.69, 9.17) is 19.2 Å². The van der Waals surface area contributed by atoms with Gasteiger partial charge in [-0.15, -0.1) is 11.3 Å². The minimum Gasteiger partial charge on any atom is -0.493 e. The van der Waals surface area contributed by atoms with Crippen molar-refractivity contribution in [2.75, 3.05) is 27.9 Å². The van der Waals surface area contributed by atoms with Crippen LogP contribution in [0.25, 0.3) is 0 Å². The Labute approximate surface area is 170 Å². The van der Waals surface area contributed by atoms with Gasteiger partial charge in [-0.3, -0.25) is 4.79 Å². The van der Waals surface area contributed by atoms with Crippen molar-refractivity contribution < 1.29 is 19.0 Å². The maximum Gasteiger partial charge on any atom is 0.224 e. The minimum absolute atomic E-state index is 0.0206. The molecule has 2 aromatic rings. The maximum absolute atomic E-state index is 12.3. The number of ether oxygens (including phenoxy) is 3. The Kier molecular flexibility index (Phi) is 7.14. The molecule has 3 rings (SSSR count). The van der Waals surface area contributed by atoms with Gasteiger partial charge in [-0.1, -0.05) is 0 Å². The topological polar surface area (TPSA) is 69.7 Å². The number of fused-ring (bicyclic) bond motifs is 1. The van der Waals surface area contributed by atoms with E-state index in [-0.39, 0.29) is 12.3 Å². The van der Waals surface area contributed by atoms with Crippen LogP contribution in [-0.2, 0) is 30.5 Å². The number of carbonyl (C=O) groups excluding carboxylic acids is 1. The number of aryl methyl sites for hydroxylation is 3. The second kappa shape index (κ2) is 9.78. The molecule has 0 saturated heterocycles. The first kappa shape index (κ1) is 20.5. The van der Waals surface area contributed by atoms with Gasteiger partial charge >= 0.3 is 0 Å². The molecule has 0 fully saturated rings. The lowest BCUT2D eigenvalue weighted by Gasteiger charge is -2.14. The van der Waals surface area contributed by atoms with Crippen molar-refractivity contribution in [1.29, 1.82) is 0 Å². The van der Waals surface area contributed by atoms with E-state index < -0.39 is 0 Å². The molecular formula is C21H28N2O4S. The molecule has 1 aromatic carbocycles. The van der Waals surface area contributed by atoms with E-state index in [0.717, 1.165) is 24.8 Å². The number of thiazole rings is 1. The molecule has 0 bridgehead atoms. The van der Waals surface area contributed by atoms with Crippen molar-refractivity contribution >= 4 is 17.2 Å². The SMILES string of the molecule is COc1cc(CC(=O)NCCCc2nc3c(s2)CCCC3)cc(OC)c1OC. The Bertz CT molecular complexity index is 770. The van der Waals surface area contributed by atoms with Crippen LogP contribution in [0.3, 0.4) is 0 Å². The van der Waals surface area contributed by atoms with E-state index in [0.29, 0.717) is 23.8 Å². The predicted octanol–water partition coefficient (Wildman–Crippen LogP) is 3.34. The Balaban J connectivity index is 1.48. The van der Waals surface area contributed by atoms with Gasteiger partial charge in [0.05, 0.1) is 38.5 Å². The molecule has 1 aromatic heterocycles. The molecule has 0 spiro atoms. The Hall–Kier alpha value is -2.28. The van der Waals surface area contributed by atoms with Gasteiger partial charge in [0.1, 0.15) is 0 Å². The number of methoxy groups -OCH3 is 3. The summed E-state index contributed by atoms with van der Waals surface area (Å²) in [5.41, 5.74) is 2.12. The summed E-state index contributed by atoms with van der Waals surface area (Å²) in [6.45, 7) is 0.646. The molecule has 1 N–H and O–H groups in total. The lowest BCUT2D eigenvalue weighted by molar-refractivity contribution is -0.120. The predicted molar refractivity (Wildman–Crippen MR) is 110 cm³/mol. The molecule has 1 aliphatic rings. The minimum atomic E-state index is -0.0206. The second-order valence-corrected chi connectivity index (χ2v) is 8.02. The van der Waals surface area contributed by atoms with E-state index >= 15 is 0 Å². The molecule has 0 aliphatic heterocycles. The highest BCUT2D eigenvalue weighted by molar-refractivity contribution is 7.11. The summed E-state index contributed by atoms with van der Waals surface area (Å²) in [6.07, 6.45) is 6.92. The van der Waals surface area contributed by atoms with Gasteiger partial charge in [0, 0.05) is 17.8 Å². The number of hydrogen-bond donors (Lipinski definition) is 1. The number of hydrogen-bond acceptors (Lipinski definition) is 6. The summed E-state index contributed by atoms with van der Waals surface area (Å²) in [6, 6.07) is 3.61. The highest BCUT2D eigenvalue weighted by Gasteiger charge is 2.16. The third-order valence-corrected chi connectivity index (χ3v) is 6.09. The van der Waals surface area contributed by atoms with Crippen molar-refractivity contribution in [3.63, 3.8) is 0 Å². The fourth-order valence-corrected chi connectivity index (χ4v) is 4.66. The van der Waals surface area contributed by atoms with E-state index in [1.165, 1.54) is 34.8 Å². The van der Waals surface area contributed by atoms with Crippen molar-refractivity contribution in [1.82, 2.24) is 10.3 Å². The quantitative estimate of drug-likeness (QED) is 0.649. The second-order valence-electron chi connectivity index (χ2n) is 6.85. The Morgan fingerprint density at radius 2 is 1.82 bits per heavy atom. The van der Waals surface area contributed by atoms with Gasteiger partial charge in [-0.2, -0.15) is 0 Å². The van der Waals surface area contributed by atoms with Gasteiger partial charge in [0.2, 0.25) is 11.7 Å². The number of amides is 1. The summed E-state index contributed by atoms with van der Waals surface area (Å²) in [7, 11) is 4.70. The van der Waals surface area contributed by atoms with E-state index in [1.54, 1.807) is 33.5 Å². The molecule has 0 saturated carbocycles. The van der Waals surface area contributed by atoms with E-state index in [1.807, 2.05) is 11.3 Å². The molecule has 0 unspecified atom stereocenters. The van der Waals surface area contributed by atoms with E-state index in [2.05, 4.69) is 5.32 Å². The fraction of sp³-hybridized carbons (Fsp3) is 0.524. The molecular weight excluding hydrogens is 376 g/mol. The Morgan fingerprint density at radius 1 is 1.11 bits per heavy atom. The summed E-state index contributed by atoms with van der Waals surface area (Å²) < 4.78 is 16.0. The highest BCUT2D eigenvalue weighted by atomic mass is 32.1. The van der Waals surface area contributed by atoms with Gasteiger partial charge in [0.25, 0.3) is 0 Å². The first-order valence-electron chi connectivity index (χ1n) is 9.67. The third kappa shape index (κ3) is 4.95. The normalized spacial score (nSPS) is 13.0. The van der Waals surface area contributed by atoms with Gasteiger partial charge in [0.15, 0.2) is 11.5 Å². The van der Waals surface area contributed by atoms with Crippen LogP contribution in [0.15, 0.2) is 12.1 Å². The summed E-state index contributed by atoms with van der Waals surface area (Å²) >= 11 is 1.84. The van der Waals surface area contributed by atoms with E-state index in [9.17, 15) is 4.79 Å². The van der Waals surface area contributed by atoms with Crippen molar-refractivity contribution in [3.05, 3.63) is 33.3 Å². The molecule has 6 nitrogen and oxygen atoms in total. The molecule has 1 amide bonds. The van der Waals surface area contributed by atoms with Crippen molar-refractivity contribution in [2.45, 2.75) is 44.9 Å². The van der Waals surface area contributed by atoms with Gasteiger partial charge < -0.3 is 19.5 Å². The zero-order chi connectivity index (χ0) is 19.9. The molecule has 0 atom stereocenters. The molecule has 0 radical (unpaired) electrons. The number of carbonyl (C=O) groups is 1. The monoisotopic (exact) mass is 404 g/mol. The number of nitrogens with zero attached hydrogens (tertiary/aromatic N) is 1. The third-order valence-electron chi connectivity index (χ3n) is 4.87. The van der Waals surface area contributed by atoms with Crippen LogP contribution in [0.5, 0.6) is 17.2 Å². The zero-order valence-electron chi connectivity index (χ0n) is 16.8. The lowest BCUT2D eigenvalue weighted by atomic mass is 10.0. The van der Waals surface area contributed by atoms with Crippen LogP contribution in [0.1, 0.15) is 40.4 Å². The number of rotatable bonds is 9. The van der Waals surface area contributed by atoms with Crippen LogP contribution in [0, 0.1) is 0 Å². The van der Waals surface area contributed by atoms with Crippen molar-refractivity contribution in [2.24, 2.45) is 0 Å². The van der Waals surface area contributed by atoms with Crippen molar-refractivity contribution in [3.8, 4) is 17.2 Å².